The number of rotatable bonds is 5. The van der Waals surface area contributed by atoms with E-state index < -0.39 is 0 Å². The number of nitrogens with zero attached hydrogens (tertiary/aromatic N) is 3. The van der Waals surface area contributed by atoms with Gasteiger partial charge in [0.2, 0.25) is 5.89 Å². The molecule has 0 aliphatic carbocycles. The van der Waals surface area contributed by atoms with Crippen LogP contribution in [0.1, 0.15) is 5.56 Å². The van der Waals surface area contributed by atoms with Crippen LogP contribution in [-0.4, -0.2) is 16.2 Å². The van der Waals surface area contributed by atoms with Gasteiger partial charge in [0.05, 0.1) is 11.4 Å². The van der Waals surface area contributed by atoms with Crippen molar-refractivity contribution in [2.24, 2.45) is 4.99 Å². The van der Waals surface area contributed by atoms with Gasteiger partial charge in [0.25, 0.3) is 0 Å². The Morgan fingerprint density at radius 3 is 2.20 bits per heavy atom. The number of oxazole rings is 1. The van der Waals surface area contributed by atoms with Crippen molar-refractivity contribution in [3.05, 3.63) is 127 Å². The zero-order chi connectivity index (χ0) is 23.5. The van der Waals surface area contributed by atoms with Crippen molar-refractivity contribution in [3.63, 3.8) is 0 Å². The lowest BCUT2D eigenvalue weighted by molar-refractivity contribution is 0.620. The molecule has 4 nitrogen and oxygen atoms in total. The maximum absolute atomic E-state index is 5.92. The van der Waals surface area contributed by atoms with Crippen LogP contribution >= 0.6 is 0 Å². The molecule has 0 spiro atoms. The normalized spacial score (nSPS) is 11.3. The predicted octanol–water partition coefficient (Wildman–Crippen LogP) is 7.97. The fourth-order valence-corrected chi connectivity index (χ4v) is 4.05. The van der Waals surface area contributed by atoms with Gasteiger partial charge < -0.3 is 4.42 Å². The highest BCUT2D eigenvalue weighted by Crippen LogP contribution is 2.31. The first-order valence-corrected chi connectivity index (χ1v) is 11.4. The topological polar surface area (TPSA) is 51.3 Å². The van der Waals surface area contributed by atoms with Gasteiger partial charge in [-0.1, -0.05) is 60.7 Å². The van der Waals surface area contributed by atoms with Crippen LogP contribution in [0.5, 0.6) is 0 Å². The minimum absolute atomic E-state index is 0.624. The maximum atomic E-state index is 5.92. The molecule has 0 aliphatic heterocycles. The lowest BCUT2D eigenvalue weighted by Gasteiger charge is -2.10. The Labute approximate surface area is 203 Å². The van der Waals surface area contributed by atoms with Gasteiger partial charge in [0, 0.05) is 29.1 Å². The average Bonchev–Trinajstić information content (AvgIpc) is 3.38. The summed E-state index contributed by atoms with van der Waals surface area (Å²) in [6.45, 7) is 0. The van der Waals surface area contributed by atoms with Crippen LogP contribution in [0.15, 0.2) is 131 Å². The molecule has 166 valence electrons. The van der Waals surface area contributed by atoms with Crippen molar-refractivity contribution in [2.45, 2.75) is 0 Å². The molecule has 0 aliphatic rings. The van der Waals surface area contributed by atoms with E-state index in [2.05, 4.69) is 45.3 Å². The number of hydrogen-bond donors (Lipinski definition) is 0. The number of fused-ring (bicyclic) bond motifs is 1. The van der Waals surface area contributed by atoms with Gasteiger partial charge in [-0.25, -0.2) is 4.98 Å². The Morgan fingerprint density at radius 2 is 1.40 bits per heavy atom. The summed E-state index contributed by atoms with van der Waals surface area (Å²) in [5.41, 5.74) is 8.68. The molecule has 2 aromatic heterocycles. The minimum Gasteiger partial charge on any atom is -0.436 e. The number of pyridine rings is 1. The fraction of sp³-hybridized carbons (Fsp3) is 0. The quantitative estimate of drug-likeness (QED) is 0.250. The van der Waals surface area contributed by atoms with E-state index in [1.807, 2.05) is 97.3 Å². The molecule has 0 saturated carbocycles. The van der Waals surface area contributed by atoms with Crippen LogP contribution in [0, 0.1) is 0 Å². The van der Waals surface area contributed by atoms with E-state index in [0.29, 0.717) is 5.89 Å². The number of aliphatic imine (C=N–C) groups is 1. The van der Waals surface area contributed by atoms with Gasteiger partial charge in [0.1, 0.15) is 5.52 Å². The van der Waals surface area contributed by atoms with E-state index in [0.717, 1.165) is 50.3 Å². The first-order valence-electron chi connectivity index (χ1n) is 11.4. The van der Waals surface area contributed by atoms with Crippen LogP contribution in [0.3, 0.4) is 0 Å². The van der Waals surface area contributed by atoms with E-state index >= 15 is 0 Å². The molecule has 0 fully saturated rings. The highest BCUT2D eigenvalue weighted by atomic mass is 16.3. The van der Waals surface area contributed by atoms with Crippen LogP contribution < -0.4 is 0 Å². The second-order valence-electron chi connectivity index (χ2n) is 8.17. The van der Waals surface area contributed by atoms with Gasteiger partial charge >= 0.3 is 0 Å². The highest BCUT2D eigenvalue weighted by molar-refractivity contribution is 5.92. The maximum Gasteiger partial charge on any atom is 0.227 e. The lowest BCUT2D eigenvalue weighted by Crippen LogP contribution is -1.92. The van der Waals surface area contributed by atoms with Crippen molar-refractivity contribution < 1.29 is 4.42 Å². The molecule has 4 aromatic carbocycles. The summed E-state index contributed by atoms with van der Waals surface area (Å²) in [6, 6.07) is 38.4. The van der Waals surface area contributed by atoms with Crippen LogP contribution in [0.4, 0.5) is 5.69 Å². The van der Waals surface area contributed by atoms with Crippen LogP contribution in [-0.2, 0) is 0 Å². The largest absolute Gasteiger partial charge is 0.436 e. The van der Waals surface area contributed by atoms with Crippen molar-refractivity contribution in [3.8, 4) is 33.8 Å². The molecule has 6 aromatic rings. The molecule has 0 bridgehead atoms. The number of para-hydroxylation sites is 3. The molecule has 0 saturated heterocycles. The molecule has 2 heterocycles. The highest BCUT2D eigenvalue weighted by Gasteiger charge is 2.10. The predicted molar refractivity (Wildman–Crippen MR) is 142 cm³/mol. The van der Waals surface area contributed by atoms with E-state index in [-0.39, 0.29) is 0 Å². The summed E-state index contributed by atoms with van der Waals surface area (Å²) in [6.07, 6.45) is 3.72. The molecule has 0 atom stereocenters. The molecule has 0 amide bonds. The zero-order valence-corrected chi connectivity index (χ0v) is 18.9. The minimum atomic E-state index is 0.624. The van der Waals surface area contributed by atoms with Crippen LogP contribution in [0.2, 0.25) is 0 Å². The standard InChI is InChI=1S/C31H21N3O/c1-2-8-26(9-3-1)33-21-25-18-17-24(20-27(25)28-10-6-7-19-32-28)22-13-15-23(16-14-22)31-34-29-11-4-5-12-30(29)35-31/h1-21H/b33-21+. The summed E-state index contributed by atoms with van der Waals surface area (Å²) < 4.78 is 5.92. The van der Waals surface area contributed by atoms with Gasteiger partial charge in [-0.3, -0.25) is 9.98 Å². The summed E-state index contributed by atoms with van der Waals surface area (Å²) in [5, 5.41) is 0. The third-order valence-corrected chi connectivity index (χ3v) is 5.86. The number of benzene rings is 4. The average molecular weight is 452 g/mol. The lowest BCUT2D eigenvalue weighted by atomic mass is 9.96. The molecular formula is C31H21N3O. The molecule has 0 radical (unpaired) electrons. The van der Waals surface area contributed by atoms with Crippen LogP contribution in [0.25, 0.3) is 44.9 Å². The van der Waals surface area contributed by atoms with Crippen molar-refractivity contribution in [2.75, 3.05) is 0 Å². The molecular weight excluding hydrogens is 430 g/mol. The summed E-state index contributed by atoms with van der Waals surface area (Å²) >= 11 is 0. The second-order valence-corrected chi connectivity index (χ2v) is 8.17. The summed E-state index contributed by atoms with van der Waals surface area (Å²) in [7, 11) is 0. The molecule has 35 heavy (non-hydrogen) atoms. The molecule has 0 unspecified atom stereocenters. The number of aromatic nitrogens is 2. The van der Waals surface area contributed by atoms with E-state index in [1.165, 1.54) is 0 Å². The first kappa shape index (κ1) is 20.8. The summed E-state index contributed by atoms with van der Waals surface area (Å²) in [4.78, 5) is 13.9. The third kappa shape index (κ3) is 4.37. The Kier molecular flexibility index (Phi) is 5.45. The van der Waals surface area contributed by atoms with Gasteiger partial charge in [0.15, 0.2) is 5.58 Å². The first-order chi connectivity index (χ1) is 17.3. The smallest absolute Gasteiger partial charge is 0.227 e. The molecule has 4 heteroatoms. The fourth-order valence-electron chi connectivity index (χ4n) is 4.05. The summed E-state index contributed by atoms with van der Waals surface area (Å²) in [5.74, 6) is 0.624. The van der Waals surface area contributed by atoms with E-state index in [9.17, 15) is 0 Å². The third-order valence-electron chi connectivity index (χ3n) is 5.86. The van der Waals surface area contributed by atoms with E-state index in [4.69, 9.17) is 4.42 Å². The SMILES string of the molecule is C(=N\c1ccccc1)/c1ccc(-c2ccc(-c3nc4ccccc4o3)cc2)cc1-c1ccccn1. The Hall–Kier alpha value is -4.83. The zero-order valence-electron chi connectivity index (χ0n) is 18.9. The Bertz CT molecular complexity index is 1590. The monoisotopic (exact) mass is 451 g/mol. The Morgan fingerprint density at radius 1 is 0.657 bits per heavy atom. The van der Waals surface area contributed by atoms with Gasteiger partial charge in [-0.2, -0.15) is 0 Å². The van der Waals surface area contributed by atoms with Crippen molar-refractivity contribution >= 4 is 23.0 Å². The van der Waals surface area contributed by atoms with E-state index in [1.54, 1.807) is 0 Å². The Balaban J connectivity index is 1.36. The van der Waals surface area contributed by atoms with Gasteiger partial charge in [-0.05, 0) is 65.7 Å². The van der Waals surface area contributed by atoms with Crippen molar-refractivity contribution in [1.29, 1.82) is 0 Å². The van der Waals surface area contributed by atoms with Gasteiger partial charge in [-0.15, -0.1) is 0 Å². The van der Waals surface area contributed by atoms with Crippen molar-refractivity contribution in [1.82, 2.24) is 9.97 Å². The molecule has 6 rings (SSSR count). The second kappa shape index (κ2) is 9.20. The molecule has 0 N–H and O–H groups in total. The number of hydrogen-bond acceptors (Lipinski definition) is 4.